The summed E-state index contributed by atoms with van der Waals surface area (Å²) in [5, 5.41) is 2.85. The van der Waals surface area contributed by atoms with E-state index in [9.17, 15) is 9.59 Å². The molecule has 25 heavy (non-hydrogen) atoms. The molecule has 1 N–H and O–H groups in total. The highest BCUT2D eigenvalue weighted by Crippen LogP contribution is 2.16. The lowest BCUT2D eigenvalue weighted by Gasteiger charge is -2.09. The Labute approximate surface area is 144 Å². The number of ether oxygens (including phenoxy) is 1. The number of carbonyl (C=O) groups excluding carboxylic acids is 2. The highest BCUT2D eigenvalue weighted by molar-refractivity contribution is 5.93. The molecule has 0 spiro atoms. The molecule has 0 fully saturated rings. The highest BCUT2D eigenvalue weighted by Gasteiger charge is 2.14. The average molecular weight is 338 g/mol. The Morgan fingerprint density at radius 2 is 1.92 bits per heavy atom. The summed E-state index contributed by atoms with van der Waals surface area (Å²) >= 11 is 0. The largest absolute Gasteiger partial charge is 0.468 e. The maximum Gasteiger partial charge on any atom is 0.325 e. The van der Waals surface area contributed by atoms with E-state index in [0.29, 0.717) is 18.5 Å². The van der Waals surface area contributed by atoms with Crippen molar-refractivity contribution in [2.45, 2.75) is 13.0 Å². The van der Waals surface area contributed by atoms with Crippen LogP contribution in [0.5, 0.6) is 0 Å². The quantitative estimate of drug-likeness (QED) is 0.690. The number of fused-ring (bicyclic) bond motifs is 1. The molecule has 1 aromatic carbocycles. The third-order valence-electron chi connectivity index (χ3n) is 3.83. The van der Waals surface area contributed by atoms with Gasteiger partial charge in [-0.15, -0.1) is 0 Å². The molecule has 0 radical (unpaired) electrons. The van der Waals surface area contributed by atoms with Crippen LogP contribution in [0, 0.1) is 0 Å². The van der Waals surface area contributed by atoms with Gasteiger partial charge in [-0.1, -0.05) is 12.1 Å². The number of nitrogens with zero attached hydrogens (tertiary/aromatic N) is 3. The van der Waals surface area contributed by atoms with Crippen molar-refractivity contribution in [3.63, 3.8) is 0 Å². The van der Waals surface area contributed by atoms with Crippen LogP contribution in [0.15, 0.2) is 48.8 Å². The van der Waals surface area contributed by atoms with Gasteiger partial charge in [-0.25, -0.2) is 4.98 Å². The summed E-state index contributed by atoms with van der Waals surface area (Å²) < 4.78 is 6.58. The number of carbonyl (C=O) groups is 2. The zero-order chi connectivity index (χ0) is 17.6. The van der Waals surface area contributed by atoms with E-state index in [1.165, 1.54) is 7.11 Å². The predicted molar refractivity (Wildman–Crippen MR) is 92.0 cm³/mol. The molecule has 2 heterocycles. The van der Waals surface area contributed by atoms with Gasteiger partial charge in [0.05, 0.1) is 18.1 Å². The van der Waals surface area contributed by atoms with Crippen molar-refractivity contribution in [3.8, 4) is 0 Å². The number of hydrogen-bond acceptors (Lipinski definition) is 5. The molecule has 7 nitrogen and oxygen atoms in total. The van der Waals surface area contributed by atoms with Gasteiger partial charge in [0.15, 0.2) is 0 Å². The second kappa shape index (κ2) is 7.57. The molecule has 0 aliphatic rings. The van der Waals surface area contributed by atoms with Gasteiger partial charge in [-0.2, -0.15) is 0 Å². The summed E-state index contributed by atoms with van der Waals surface area (Å²) in [6, 6.07) is 10.9. The van der Waals surface area contributed by atoms with E-state index in [0.717, 1.165) is 16.9 Å². The molecule has 0 aliphatic carbocycles. The first-order valence-corrected chi connectivity index (χ1v) is 7.88. The fraction of sp³-hybridized carbons (Fsp3) is 0.222. The van der Waals surface area contributed by atoms with E-state index in [-0.39, 0.29) is 18.4 Å². The topological polar surface area (TPSA) is 86.1 Å². The van der Waals surface area contributed by atoms with Gasteiger partial charge < -0.3 is 14.6 Å². The second-order valence-corrected chi connectivity index (χ2v) is 5.42. The van der Waals surface area contributed by atoms with Crippen molar-refractivity contribution in [2.24, 2.45) is 0 Å². The summed E-state index contributed by atoms with van der Waals surface area (Å²) in [5.74, 6) is 0.213. The number of imidazole rings is 1. The number of para-hydroxylation sites is 2. The predicted octanol–water partition coefficient (Wildman–Crippen LogP) is 1.58. The van der Waals surface area contributed by atoms with E-state index < -0.39 is 0 Å². The average Bonchev–Trinajstić information content (AvgIpc) is 2.99. The van der Waals surface area contributed by atoms with Crippen molar-refractivity contribution >= 4 is 22.9 Å². The van der Waals surface area contributed by atoms with Gasteiger partial charge in [0.1, 0.15) is 12.4 Å². The SMILES string of the molecule is COC(=O)Cn1c(CCNC(=O)c2ccncc2)nc2ccccc21. The number of amides is 1. The normalized spacial score (nSPS) is 10.6. The molecule has 3 rings (SSSR count). The minimum Gasteiger partial charge on any atom is -0.468 e. The zero-order valence-electron chi connectivity index (χ0n) is 13.8. The van der Waals surface area contributed by atoms with Crippen molar-refractivity contribution < 1.29 is 14.3 Å². The summed E-state index contributed by atoms with van der Waals surface area (Å²) in [6.45, 7) is 0.496. The molecule has 0 bridgehead atoms. The lowest BCUT2D eigenvalue weighted by Crippen LogP contribution is -2.26. The van der Waals surface area contributed by atoms with Crippen molar-refractivity contribution in [2.75, 3.05) is 13.7 Å². The van der Waals surface area contributed by atoms with Crippen molar-refractivity contribution in [3.05, 3.63) is 60.2 Å². The minimum absolute atomic E-state index is 0.0879. The fourth-order valence-corrected chi connectivity index (χ4v) is 2.58. The third-order valence-corrected chi connectivity index (χ3v) is 3.83. The molecule has 0 saturated heterocycles. The van der Waals surface area contributed by atoms with Crippen LogP contribution in [0.3, 0.4) is 0 Å². The van der Waals surface area contributed by atoms with Crippen LogP contribution in [-0.2, 0) is 22.5 Å². The molecule has 128 valence electrons. The number of esters is 1. The van der Waals surface area contributed by atoms with Gasteiger partial charge in [0.25, 0.3) is 5.91 Å². The molecule has 1 amide bonds. The van der Waals surface area contributed by atoms with Gasteiger partial charge >= 0.3 is 5.97 Å². The molecular weight excluding hydrogens is 320 g/mol. The highest BCUT2D eigenvalue weighted by atomic mass is 16.5. The van der Waals surface area contributed by atoms with Gasteiger partial charge in [-0.05, 0) is 24.3 Å². The van der Waals surface area contributed by atoms with Crippen molar-refractivity contribution in [1.82, 2.24) is 19.9 Å². The first-order valence-electron chi connectivity index (χ1n) is 7.88. The molecule has 0 aliphatic heterocycles. The number of methoxy groups -OCH3 is 1. The Morgan fingerprint density at radius 1 is 1.16 bits per heavy atom. The third kappa shape index (κ3) is 3.82. The fourth-order valence-electron chi connectivity index (χ4n) is 2.58. The molecule has 3 aromatic rings. The van der Waals surface area contributed by atoms with Crippen molar-refractivity contribution in [1.29, 1.82) is 0 Å². The number of aromatic nitrogens is 3. The molecule has 0 atom stereocenters. The maximum atomic E-state index is 12.1. The standard InChI is InChI=1S/C18H18N4O3/c1-25-17(23)12-22-15-5-3-2-4-14(15)21-16(22)8-11-20-18(24)13-6-9-19-10-7-13/h2-7,9-10H,8,11-12H2,1H3,(H,20,24). The molecule has 0 unspecified atom stereocenters. The Kier molecular flexibility index (Phi) is 5.03. The minimum atomic E-state index is -0.342. The van der Waals surface area contributed by atoms with Crippen LogP contribution < -0.4 is 5.32 Å². The monoisotopic (exact) mass is 338 g/mol. The van der Waals surface area contributed by atoms with Crippen LogP contribution in [0.2, 0.25) is 0 Å². The van der Waals surface area contributed by atoms with Crippen LogP contribution in [0.1, 0.15) is 16.2 Å². The Balaban J connectivity index is 1.73. The lowest BCUT2D eigenvalue weighted by atomic mass is 10.2. The number of hydrogen-bond donors (Lipinski definition) is 1. The van der Waals surface area contributed by atoms with Crippen LogP contribution in [-0.4, -0.2) is 40.1 Å². The Morgan fingerprint density at radius 3 is 2.68 bits per heavy atom. The van der Waals surface area contributed by atoms with E-state index in [4.69, 9.17) is 4.74 Å². The zero-order valence-corrected chi connectivity index (χ0v) is 13.8. The number of pyridine rings is 1. The second-order valence-electron chi connectivity index (χ2n) is 5.42. The van der Waals surface area contributed by atoms with Gasteiger partial charge in [0.2, 0.25) is 0 Å². The van der Waals surface area contributed by atoms with E-state index >= 15 is 0 Å². The summed E-state index contributed by atoms with van der Waals surface area (Å²) in [7, 11) is 1.36. The van der Waals surface area contributed by atoms with E-state index in [2.05, 4.69) is 15.3 Å². The molecule has 7 heteroatoms. The Bertz CT molecular complexity index is 890. The first-order chi connectivity index (χ1) is 12.2. The van der Waals surface area contributed by atoms with Crippen LogP contribution in [0.25, 0.3) is 11.0 Å². The van der Waals surface area contributed by atoms with Gasteiger partial charge in [-0.3, -0.25) is 14.6 Å². The number of rotatable bonds is 6. The number of benzene rings is 1. The van der Waals surface area contributed by atoms with E-state index in [1.807, 2.05) is 28.8 Å². The van der Waals surface area contributed by atoms with Gasteiger partial charge in [0, 0.05) is 30.9 Å². The summed E-state index contributed by atoms with van der Waals surface area (Å²) in [5.41, 5.74) is 2.23. The lowest BCUT2D eigenvalue weighted by molar-refractivity contribution is -0.141. The van der Waals surface area contributed by atoms with Crippen LogP contribution >= 0.6 is 0 Å². The first kappa shape index (κ1) is 16.6. The summed E-state index contributed by atoms with van der Waals surface area (Å²) in [6.07, 6.45) is 3.65. The van der Waals surface area contributed by atoms with Crippen LogP contribution in [0.4, 0.5) is 0 Å². The maximum absolute atomic E-state index is 12.1. The van der Waals surface area contributed by atoms with E-state index in [1.54, 1.807) is 24.5 Å². The smallest absolute Gasteiger partial charge is 0.325 e. The Hall–Kier alpha value is -3.22. The molecule has 2 aromatic heterocycles. The molecule has 0 saturated carbocycles. The number of nitrogens with one attached hydrogen (secondary N) is 1. The molecular formula is C18H18N4O3. The summed E-state index contributed by atoms with van der Waals surface area (Å²) in [4.78, 5) is 32.2.